The van der Waals surface area contributed by atoms with Gasteiger partial charge in [-0.05, 0) is 36.2 Å². The number of fused-ring (bicyclic) bond motifs is 3. The van der Waals surface area contributed by atoms with Gasteiger partial charge in [0.1, 0.15) is 12.4 Å². The molecular weight excluding hydrogens is 232 g/mol. The molecule has 94 valence electrons. The fourth-order valence-electron chi connectivity index (χ4n) is 2.39. The summed E-state index contributed by atoms with van der Waals surface area (Å²) in [6.07, 6.45) is 0.875. The maximum absolute atomic E-state index is 5.86. The van der Waals surface area contributed by atoms with Crippen molar-refractivity contribution in [2.24, 2.45) is 0 Å². The van der Waals surface area contributed by atoms with Gasteiger partial charge in [-0.3, -0.25) is 0 Å². The van der Waals surface area contributed by atoms with Crippen LogP contribution in [0.2, 0.25) is 0 Å². The molecule has 1 nitrogen and oxygen atoms in total. The lowest BCUT2D eigenvalue weighted by atomic mass is 9.94. The van der Waals surface area contributed by atoms with E-state index in [2.05, 4.69) is 56.0 Å². The van der Waals surface area contributed by atoms with Crippen LogP contribution in [0.1, 0.15) is 30.0 Å². The Balaban J connectivity index is 2.08. The number of rotatable bonds is 0. The van der Waals surface area contributed by atoms with Crippen LogP contribution in [-0.2, 0) is 6.61 Å². The summed E-state index contributed by atoms with van der Waals surface area (Å²) in [5.74, 6) is 7.18. The Kier molecular flexibility index (Phi) is 3.01. The molecule has 0 aromatic heterocycles. The van der Waals surface area contributed by atoms with Crippen molar-refractivity contribution < 1.29 is 4.74 Å². The number of hydrogen-bond acceptors (Lipinski definition) is 1. The minimum atomic E-state index is 0.647. The quantitative estimate of drug-likeness (QED) is 0.631. The van der Waals surface area contributed by atoms with Crippen molar-refractivity contribution in [2.75, 3.05) is 0 Å². The van der Waals surface area contributed by atoms with Crippen LogP contribution in [0, 0.1) is 18.8 Å². The molecule has 1 heteroatoms. The fourth-order valence-corrected chi connectivity index (χ4v) is 2.39. The molecule has 2 aromatic carbocycles. The molecule has 1 aliphatic rings. The average molecular weight is 248 g/mol. The largest absolute Gasteiger partial charge is 0.488 e. The maximum Gasteiger partial charge on any atom is 0.128 e. The summed E-state index contributed by atoms with van der Waals surface area (Å²) in [5, 5.41) is 0. The second-order valence-electron chi connectivity index (χ2n) is 4.82. The van der Waals surface area contributed by atoms with Gasteiger partial charge >= 0.3 is 0 Å². The molecule has 0 atom stereocenters. The van der Waals surface area contributed by atoms with E-state index in [9.17, 15) is 0 Å². The highest BCUT2D eigenvalue weighted by Gasteiger charge is 2.17. The molecule has 0 bridgehead atoms. The van der Waals surface area contributed by atoms with Gasteiger partial charge in [0.25, 0.3) is 0 Å². The Morgan fingerprint density at radius 3 is 2.79 bits per heavy atom. The van der Waals surface area contributed by atoms with Crippen LogP contribution >= 0.6 is 0 Å². The summed E-state index contributed by atoms with van der Waals surface area (Å²) in [6, 6.07) is 12.8. The molecule has 0 unspecified atom stereocenters. The van der Waals surface area contributed by atoms with Crippen LogP contribution in [0.25, 0.3) is 11.1 Å². The number of ether oxygens (including phenoxy) is 1. The summed E-state index contributed by atoms with van der Waals surface area (Å²) in [6.45, 7) is 4.81. The van der Waals surface area contributed by atoms with Gasteiger partial charge < -0.3 is 4.74 Å². The molecule has 0 amide bonds. The Morgan fingerprint density at radius 2 is 1.95 bits per heavy atom. The zero-order valence-electron chi connectivity index (χ0n) is 11.3. The molecule has 0 spiro atoms. The van der Waals surface area contributed by atoms with Crippen LogP contribution in [0.3, 0.4) is 0 Å². The Hall–Kier alpha value is -2.20. The van der Waals surface area contributed by atoms with Gasteiger partial charge in [-0.2, -0.15) is 0 Å². The normalized spacial score (nSPS) is 11.7. The van der Waals surface area contributed by atoms with E-state index < -0.39 is 0 Å². The predicted molar refractivity (Wildman–Crippen MR) is 78.1 cm³/mol. The zero-order chi connectivity index (χ0) is 13.2. The topological polar surface area (TPSA) is 9.23 Å². The Labute approximate surface area is 114 Å². The van der Waals surface area contributed by atoms with Crippen molar-refractivity contribution in [3.05, 3.63) is 53.1 Å². The first-order valence-corrected chi connectivity index (χ1v) is 6.63. The van der Waals surface area contributed by atoms with Crippen molar-refractivity contribution in [2.45, 2.75) is 26.9 Å². The fraction of sp³-hybridized carbons (Fsp3) is 0.222. The lowest BCUT2D eigenvalue weighted by Crippen LogP contribution is -2.05. The van der Waals surface area contributed by atoms with Crippen molar-refractivity contribution in [3.8, 4) is 28.7 Å². The summed E-state index contributed by atoms with van der Waals surface area (Å²) in [5.41, 5.74) is 6.01. The van der Waals surface area contributed by atoms with Gasteiger partial charge in [-0.15, -0.1) is 0 Å². The molecular formula is C18H16O. The van der Waals surface area contributed by atoms with Gasteiger partial charge in [0.15, 0.2) is 0 Å². The summed E-state index contributed by atoms with van der Waals surface area (Å²) in [4.78, 5) is 0. The van der Waals surface area contributed by atoms with Crippen LogP contribution in [0.5, 0.6) is 5.75 Å². The van der Waals surface area contributed by atoms with Crippen molar-refractivity contribution >= 4 is 0 Å². The van der Waals surface area contributed by atoms with Gasteiger partial charge in [-0.1, -0.05) is 42.5 Å². The van der Waals surface area contributed by atoms with Crippen molar-refractivity contribution in [3.63, 3.8) is 0 Å². The first kappa shape index (κ1) is 11.9. The molecule has 19 heavy (non-hydrogen) atoms. The van der Waals surface area contributed by atoms with Gasteiger partial charge in [0.2, 0.25) is 0 Å². The average Bonchev–Trinajstić information content (AvgIpc) is 2.44. The third kappa shape index (κ3) is 2.22. The van der Waals surface area contributed by atoms with E-state index in [4.69, 9.17) is 4.74 Å². The number of aryl methyl sites for hydroxylation is 1. The molecule has 0 N–H and O–H groups in total. The first-order chi connectivity index (χ1) is 9.28. The minimum absolute atomic E-state index is 0.647. The molecule has 1 heterocycles. The van der Waals surface area contributed by atoms with E-state index in [1.54, 1.807) is 0 Å². The standard InChI is InChI=1S/C18H16O/c1-3-4-5-14-7-9-17-16-8-6-13(2)10-15(16)12-19-18(17)11-14/h6-11H,3,12H2,1-2H3. The number of hydrogen-bond donors (Lipinski definition) is 0. The second-order valence-corrected chi connectivity index (χ2v) is 4.82. The van der Waals surface area contributed by atoms with E-state index in [1.165, 1.54) is 22.3 Å². The third-order valence-corrected chi connectivity index (χ3v) is 3.33. The molecule has 1 aliphatic heterocycles. The minimum Gasteiger partial charge on any atom is -0.488 e. The van der Waals surface area contributed by atoms with E-state index in [0.29, 0.717) is 6.61 Å². The van der Waals surface area contributed by atoms with Crippen LogP contribution in [0.15, 0.2) is 36.4 Å². The smallest absolute Gasteiger partial charge is 0.128 e. The van der Waals surface area contributed by atoms with E-state index in [-0.39, 0.29) is 0 Å². The van der Waals surface area contributed by atoms with E-state index >= 15 is 0 Å². The third-order valence-electron chi connectivity index (χ3n) is 3.33. The van der Waals surface area contributed by atoms with Crippen LogP contribution in [-0.4, -0.2) is 0 Å². The summed E-state index contributed by atoms with van der Waals surface area (Å²) >= 11 is 0. The summed E-state index contributed by atoms with van der Waals surface area (Å²) in [7, 11) is 0. The predicted octanol–water partition coefficient (Wildman–Crippen LogP) is 4.32. The van der Waals surface area contributed by atoms with Gasteiger partial charge in [0.05, 0.1) is 0 Å². The lowest BCUT2D eigenvalue weighted by molar-refractivity contribution is 0.302. The van der Waals surface area contributed by atoms with Gasteiger partial charge in [-0.25, -0.2) is 0 Å². The van der Waals surface area contributed by atoms with Crippen molar-refractivity contribution in [1.29, 1.82) is 0 Å². The Bertz CT molecular complexity index is 687. The number of benzene rings is 2. The summed E-state index contributed by atoms with van der Waals surface area (Å²) < 4.78 is 5.86. The van der Waals surface area contributed by atoms with Gasteiger partial charge in [0, 0.05) is 17.5 Å². The highest BCUT2D eigenvalue weighted by Crippen LogP contribution is 2.38. The highest BCUT2D eigenvalue weighted by molar-refractivity contribution is 5.76. The Morgan fingerprint density at radius 1 is 1.11 bits per heavy atom. The van der Waals surface area contributed by atoms with Crippen molar-refractivity contribution in [1.82, 2.24) is 0 Å². The SMILES string of the molecule is CCC#Cc1ccc2c(c1)OCc1cc(C)ccc1-2. The zero-order valence-corrected chi connectivity index (χ0v) is 11.3. The maximum atomic E-state index is 5.86. The molecule has 0 aliphatic carbocycles. The van der Waals surface area contributed by atoms with E-state index in [0.717, 1.165) is 17.7 Å². The van der Waals surface area contributed by atoms with Crippen LogP contribution < -0.4 is 4.74 Å². The molecule has 0 fully saturated rings. The molecule has 2 aromatic rings. The molecule has 0 saturated carbocycles. The molecule has 3 rings (SSSR count). The lowest BCUT2D eigenvalue weighted by Gasteiger charge is -2.21. The van der Waals surface area contributed by atoms with Crippen LogP contribution in [0.4, 0.5) is 0 Å². The molecule has 0 radical (unpaired) electrons. The molecule has 0 saturated heterocycles. The van der Waals surface area contributed by atoms with E-state index in [1.807, 2.05) is 6.07 Å². The first-order valence-electron chi connectivity index (χ1n) is 6.63. The monoisotopic (exact) mass is 248 g/mol. The highest BCUT2D eigenvalue weighted by atomic mass is 16.5. The second kappa shape index (κ2) is 4.82.